The number of carbonyl (C=O) groups is 5. The zero-order chi connectivity index (χ0) is 31.9. The van der Waals surface area contributed by atoms with Crippen molar-refractivity contribution in [2.75, 3.05) is 0 Å². The van der Waals surface area contributed by atoms with E-state index in [-0.39, 0.29) is 41.4 Å². The van der Waals surface area contributed by atoms with E-state index >= 15 is 0 Å². The monoisotopic (exact) mass is 608 g/mol. The summed E-state index contributed by atoms with van der Waals surface area (Å²) in [6, 6.07) is 11.2. The number of imide groups is 4. The number of ether oxygens (including phenoxy) is 2. The molecule has 230 valence electrons. The third kappa shape index (κ3) is 6.72. The van der Waals surface area contributed by atoms with Gasteiger partial charge in [-0.2, -0.15) is 4.90 Å². The van der Waals surface area contributed by atoms with Crippen LogP contribution in [0.4, 0.5) is 4.79 Å². The Morgan fingerprint density at radius 1 is 0.884 bits per heavy atom. The van der Waals surface area contributed by atoms with E-state index in [1.54, 1.807) is 32.9 Å². The molecule has 2 aromatic rings. The molecule has 2 aromatic carbocycles. The molecule has 0 saturated carbocycles. The number of nitrogens with zero attached hydrogens (tertiary/aromatic N) is 2. The maximum Gasteiger partial charge on any atom is 0.424 e. The van der Waals surface area contributed by atoms with E-state index in [9.17, 15) is 24.0 Å². The first kappa shape index (κ1) is 32.1. The number of hydrogen-bond acceptors (Lipinski definition) is 8. The highest BCUT2D eigenvalue weighted by Crippen LogP contribution is 2.37. The van der Waals surface area contributed by atoms with Gasteiger partial charge in [0.15, 0.2) is 8.32 Å². The van der Waals surface area contributed by atoms with Crippen molar-refractivity contribution >= 4 is 38.0 Å². The molecule has 0 aromatic heterocycles. The average Bonchev–Trinajstić information content (AvgIpc) is 3.15. The van der Waals surface area contributed by atoms with Gasteiger partial charge in [-0.05, 0) is 68.6 Å². The smallest absolute Gasteiger partial charge is 0.424 e. The first-order chi connectivity index (χ1) is 19.9. The van der Waals surface area contributed by atoms with Crippen molar-refractivity contribution in [3.63, 3.8) is 0 Å². The van der Waals surface area contributed by atoms with E-state index in [0.29, 0.717) is 11.5 Å². The fourth-order valence-electron chi connectivity index (χ4n) is 4.56. The van der Waals surface area contributed by atoms with Gasteiger partial charge in [0.1, 0.15) is 24.0 Å². The minimum Gasteiger partial charge on any atom is -0.488 e. The zero-order valence-corrected chi connectivity index (χ0v) is 27.1. The molecule has 2 heterocycles. The summed E-state index contributed by atoms with van der Waals surface area (Å²) < 4.78 is 17.5. The van der Waals surface area contributed by atoms with Gasteiger partial charge in [0.25, 0.3) is 17.7 Å². The summed E-state index contributed by atoms with van der Waals surface area (Å²) in [7, 11) is -1.88. The highest BCUT2D eigenvalue weighted by molar-refractivity contribution is 6.74. The molecule has 1 fully saturated rings. The first-order valence-electron chi connectivity index (χ1n) is 14.4. The molecular formula is C32H40N2O8Si. The lowest BCUT2D eigenvalue weighted by atomic mass is 10.0. The van der Waals surface area contributed by atoms with E-state index in [4.69, 9.17) is 13.9 Å². The van der Waals surface area contributed by atoms with Crippen LogP contribution in [0.15, 0.2) is 42.5 Å². The van der Waals surface area contributed by atoms with E-state index in [1.807, 2.05) is 24.3 Å². The lowest BCUT2D eigenvalue weighted by Gasteiger charge is -2.36. The number of carbonyl (C=O) groups excluding carboxylic acids is 5. The van der Waals surface area contributed by atoms with Crippen LogP contribution < -0.4 is 4.74 Å². The summed E-state index contributed by atoms with van der Waals surface area (Å²) >= 11 is 0. The van der Waals surface area contributed by atoms with E-state index in [1.165, 1.54) is 6.07 Å². The second-order valence-electron chi connectivity index (χ2n) is 13.4. The Hall–Kier alpha value is -3.83. The molecule has 10 nitrogen and oxygen atoms in total. The number of likely N-dealkylation sites (tertiary alicyclic amines) is 1. The van der Waals surface area contributed by atoms with E-state index < -0.39 is 49.7 Å². The quantitative estimate of drug-likeness (QED) is 0.284. The first-order valence-corrected chi connectivity index (χ1v) is 17.3. The maximum absolute atomic E-state index is 13.6. The third-order valence-corrected chi connectivity index (χ3v) is 12.5. The number of rotatable bonds is 7. The second kappa shape index (κ2) is 11.7. The van der Waals surface area contributed by atoms with Crippen LogP contribution in [0.2, 0.25) is 18.1 Å². The number of piperidine rings is 1. The van der Waals surface area contributed by atoms with Gasteiger partial charge in [0.05, 0.1) is 17.7 Å². The van der Waals surface area contributed by atoms with Crippen molar-refractivity contribution in [3.8, 4) is 5.75 Å². The summed E-state index contributed by atoms with van der Waals surface area (Å²) in [6.45, 7) is 16.5. The minimum absolute atomic E-state index is 0.0420. The molecule has 1 saturated heterocycles. The van der Waals surface area contributed by atoms with E-state index in [2.05, 4.69) is 33.9 Å². The summed E-state index contributed by atoms with van der Waals surface area (Å²) in [4.78, 5) is 66.6. The molecule has 2 aliphatic heterocycles. The van der Waals surface area contributed by atoms with Crippen molar-refractivity contribution < 1.29 is 37.9 Å². The number of hydrogen-bond donors (Lipinski definition) is 0. The molecule has 5 amide bonds. The normalized spacial score (nSPS) is 17.8. The minimum atomic E-state index is -1.88. The van der Waals surface area contributed by atoms with Gasteiger partial charge in [0, 0.05) is 6.42 Å². The Morgan fingerprint density at radius 2 is 1.49 bits per heavy atom. The van der Waals surface area contributed by atoms with Gasteiger partial charge in [-0.25, -0.2) is 4.79 Å². The fraction of sp³-hybridized carbons (Fsp3) is 0.469. The van der Waals surface area contributed by atoms with Crippen LogP contribution in [0.5, 0.6) is 5.75 Å². The summed E-state index contributed by atoms with van der Waals surface area (Å²) in [5.74, 6) is -2.92. The van der Waals surface area contributed by atoms with Gasteiger partial charge < -0.3 is 13.9 Å². The molecule has 0 radical (unpaired) electrons. The molecule has 11 heteroatoms. The molecule has 0 bridgehead atoms. The SMILES string of the molecule is CC(C)(C)OC(=O)N1C(=O)CCC(N2C(=O)c3cccc(OCc4ccc(CO[Si](C)(C)C(C)(C)C)cc4)c3C2=O)C1=O. The Kier molecular flexibility index (Phi) is 8.72. The molecule has 1 unspecified atom stereocenters. The van der Waals surface area contributed by atoms with Gasteiger partial charge in [0.2, 0.25) is 5.91 Å². The predicted molar refractivity (Wildman–Crippen MR) is 161 cm³/mol. The Labute approximate surface area is 253 Å². The molecular weight excluding hydrogens is 568 g/mol. The summed E-state index contributed by atoms with van der Waals surface area (Å²) in [5, 5.41) is 0.115. The molecule has 0 spiro atoms. The van der Waals surface area contributed by atoms with Crippen LogP contribution in [0.25, 0.3) is 0 Å². The molecule has 2 aliphatic rings. The topological polar surface area (TPSA) is 120 Å². The Balaban J connectivity index is 1.47. The lowest BCUT2D eigenvalue weighted by molar-refractivity contribution is -0.149. The van der Waals surface area contributed by atoms with Crippen molar-refractivity contribution in [2.45, 2.75) is 97.4 Å². The Bertz CT molecular complexity index is 1450. The van der Waals surface area contributed by atoms with Gasteiger partial charge in [-0.15, -0.1) is 0 Å². The standard InChI is InChI=1S/C32H40N2O8Si/c1-31(2,3)42-30(39)34-25(35)17-16-23(28(34)37)33-27(36)22-10-9-11-24(26(22)29(33)38)40-18-20-12-14-21(15-13-20)19-41-43(7,8)32(4,5)6/h9-15,23H,16-19H2,1-8H3. The maximum atomic E-state index is 13.6. The lowest BCUT2D eigenvalue weighted by Crippen LogP contribution is -2.58. The van der Waals surface area contributed by atoms with Gasteiger partial charge in [-0.1, -0.05) is 51.1 Å². The van der Waals surface area contributed by atoms with Crippen LogP contribution in [-0.2, 0) is 32.0 Å². The number of fused-ring (bicyclic) bond motifs is 1. The summed E-state index contributed by atoms with van der Waals surface area (Å²) in [5.41, 5.74) is 1.08. The van der Waals surface area contributed by atoms with Crippen LogP contribution in [0.1, 0.15) is 86.2 Å². The Morgan fingerprint density at radius 3 is 2.07 bits per heavy atom. The van der Waals surface area contributed by atoms with Crippen LogP contribution in [0, 0.1) is 0 Å². The van der Waals surface area contributed by atoms with Crippen molar-refractivity contribution in [2.24, 2.45) is 0 Å². The highest BCUT2D eigenvalue weighted by atomic mass is 28.4. The largest absolute Gasteiger partial charge is 0.488 e. The van der Waals surface area contributed by atoms with Gasteiger partial charge in [-0.3, -0.25) is 24.1 Å². The zero-order valence-electron chi connectivity index (χ0n) is 26.1. The predicted octanol–water partition coefficient (Wildman–Crippen LogP) is 5.84. The van der Waals surface area contributed by atoms with E-state index in [0.717, 1.165) is 16.0 Å². The summed E-state index contributed by atoms with van der Waals surface area (Å²) in [6.07, 6.45) is -1.43. The highest BCUT2D eigenvalue weighted by Gasteiger charge is 2.50. The van der Waals surface area contributed by atoms with Crippen LogP contribution in [-0.4, -0.2) is 59.5 Å². The molecule has 4 rings (SSSR count). The van der Waals surface area contributed by atoms with Crippen LogP contribution >= 0.6 is 0 Å². The number of amides is 5. The van der Waals surface area contributed by atoms with Crippen molar-refractivity contribution in [3.05, 3.63) is 64.7 Å². The van der Waals surface area contributed by atoms with Crippen molar-refractivity contribution in [1.29, 1.82) is 0 Å². The molecule has 0 N–H and O–H groups in total. The van der Waals surface area contributed by atoms with Crippen LogP contribution in [0.3, 0.4) is 0 Å². The fourth-order valence-corrected chi connectivity index (χ4v) is 5.52. The van der Waals surface area contributed by atoms with Gasteiger partial charge >= 0.3 is 6.09 Å². The molecule has 43 heavy (non-hydrogen) atoms. The average molecular weight is 609 g/mol. The number of benzene rings is 2. The van der Waals surface area contributed by atoms with Crippen molar-refractivity contribution in [1.82, 2.24) is 9.80 Å². The third-order valence-electron chi connectivity index (χ3n) is 8.01. The second-order valence-corrected chi connectivity index (χ2v) is 18.2. The molecule has 0 aliphatic carbocycles. The molecule has 1 atom stereocenters.